The molecule has 7 heteroatoms. The van der Waals surface area contributed by atoms with E-state index in [0.29, 0.717) is 17.9 Å². The summed E-state index contributed by atoms with van der Waals surface area (Å²) < 4.78 is 16.0. The number of rotatable bonds is 9. The van der Waals surface area contributed by atoms with Crippen molar-refractivity contribution in [3.05, 3.63) is 23.3 Å². The van der Waals surface area contributed by atoms with Gasteiger partial charge < -0.3 is 19.3 Å². The average molecular weight is 345 g/mol. The Balaban J connectivity index is 3.01. The Morgan fingerprint density at radius 2 is 1.95 bits per heavy atom. The SMILES string of the molecule is COCOc1cc(OCC[Si](C)(C)C)cc(CS)c1C(=O)O. The lowest BCUT2D eigenvalue weighted by Crippen LogP contribution is -2.22. The molecule has 0 atom stereocenters. The van der Waals surface area contributed by atoms with Gasteiger partial charge in [-0.1, -0.05) is 19.6 Å². The minimum absolute atomic E-state index is 0.0232. The van der Waals surface area contributed by atoms with Crippen molar-refractivity contribution in [1.29, 1.82) is 0 Å². The zero-order valence-electron chi connectivity index (χ0n) is 13.5. The molecule has 0 aliphatic carbocycles. The lowest BCUT2D eigenvalue weighted by molar-refractivity contribution is 0.0481. The molecule has 0 saturated carbocycles. The van der Waals surface area contributed by atoms with Gasteiger partial charge in [-0.05, 0) is 17.7 Å². The maximum absolute atomic E-state index is 11.4. The van der Waals surface area contributed by atoms with Gasteiger partial charge in [-0.25, -0.2) is 4.79 Å². The van der Waals surface area contributed by atoms with Crippen molar-refractivity contribution in [1.82, 2.24) is 0 Å². The van der Waals surface area contributed by atoms with Crippen LogP contribution >= 0.6 is 12.6 Å². The molecule has 0 bridgehead atoms. The van der Waals surface area contributed by atoms with Gasteiger partial charge in [0, 0.05) is 27.0 Å². The third kappa shape index (κ3) is 5.90. The minimum Gasteiger partial charge on any atom is -0.494 e. The number of carbonyl (C=O) groups is 1. The van der Waals surface area contributed by atoms with E-state index in [4.69, 9.17) is 14.2 Å². The lowest BCUT2D eigenvalue weighted by atomic mass is 10.1. The first-order valence-electron chi connectivity index (χ1n) is 7.04. The van der Waals surface area contributed by atoms with E-state index in [9.17, 15) is 9.90 Å². The predicted octanol–water partition coefficient (Wildman–Crippen LogP) is 3.51. The topological polar surface area (TPSA) is 65.0 Å². The molecule has 0 radical (unpaired) electrons. The fraction of sp³-hybridized carbons (Fsp3) is 0.533. The average Bonchev–Trinajstić information content (AvgIpc) is 2.42. The minimum atomic E-state index is -1.18. The molecule has 124 valence electrons. The summed E-state index contributed by atoms with van der Waals surface area (Å²) in [5, 5.41) is 9.36. The highest BCUT2D eigenvalue weighted by Gasteiger charge is 2.19. The third-order valence-electron chi connectivity index (χ3n) is 2.99. The maximum atomic E-state index is 11.4. The van der Waals surface area contributed by atoms with Crippen LogP contribution in [0.1, 0.15) is 15.9 Å². The summed E-state index contributed by atoms with van der Waals surface area (Å²) >= 11 is 4.20. The monoisotopic (exact) mass is 344 g/mol. The second-order valence-corrected chi connectivity index (χ2v) is 12.1. The number of benzene rings is 1. The van der Waals surface area contributed by atoms with Gasteiger partial charge in [0.25, 0.3) is 0 Å². The fourth-order valence-corrected chi connectivity index (χ4v) is 2.77. The number of methoxy groups -OCH3 is 1. The molecule has 0 spiro atoms. The summed E-state index contributed by atoms with van der Waals surface area (Å²) in [6, 6.07) is 4.33. The Kier molecular flexibility index (Phi) is 7.25. The Labute approximate surface area is 138 Å². The van der Waals surface area contributed by atoms with Crippen LogP contribution in [0.25, 0.3) is 0 Å². The van der Waals surface area contributed by atoms with E-state index in [1.807, 2.05) is 0 Å². The Hall–Kier alpha value is -1.18. The van der Waals surface area contributed by atoms with Gasteiger partial charge in [-0.2, -0.15) is 12.6 Å². The summed E-state index contributed by atoms with van der Waals surface area (Å²) in [5.41, 5.74) is 0.664. The molecule has 0 aliphatic heterocycles. The molecule has 0 amide bonds. The largest absolute Gasteiger partial charge is 0.494 e. The molecule has 1 rings (SSSR count). The van der Waals surface area contributed by atoms with E-state index in [1.54, 1.807) is 12.1 Å². The van der Waals surface area contributed by atoms with Crippen molar-refractivity contribution in [3.63, 3.8) is 0 Å². The van der Waals surface area contributed by atoms with Crippen LogP contribution in [0.2, 0.25) is 25.7 Å². The molecule has 1 aromatic rings. The zero-order valence-corrected chi connectivity index (χ0v) is 15.4. The van der Waals surface area contributed by atoms with Crippen molar-refractivity contribution < 1.29 is 24.1 Å². The second kappa shape index (κ2) is 8.45. The van der Waals surface area contributed by atoms with Crippen LogP contribution in [0.3, 0.4) is 0 Å². The summed E-state index contributed by atoms with van der Waals surface area (Å²) in [4.78, 5) is 11.4. The van der Waals surface area contributed by atoms with Crippen LogP contribution in [0.5, 0.6) is 11.5 Å². The van der Waals surface area contributed by atoms with Gasteiger partial charge in [0.05, 0.1) is 6.61 Å². The molecule has 22 heavy (non-hydrogen) atoms. The van der Waals surface area contributed by atoms with Crippen molar-refractivity contribution in [3.8, 4) is 11.5 Å². The number of carboxylic acid groups (broad SMARTS) is 1. The fourth-order valence-electron chi connectivity index (χ4n) is 1.81. The van der Waals surface area contributed by atoms with Crippen molar-refractivity contribution in [2.24, 2.45) is 0 Å². The normalized spacial score (nSPS) is 11.3. The first kappa shape index (κ1) is 18.9. The summed E-state index contributed by atoms with van der Waals surface area (Å²) in [5.74, 6) is 0.0713. The molecule has 0 aliphatic rings. The molecular weight excluding hydrogens is 320 g/mol. The van der Waals surface area contributed by atoms with E-state index < -0.39 is 14.0 Å². The van der Waals surface area contributed by atoms with E-state index in [-0.39, 0.29) is 23.9 Å². The molecule has 1 N–H and O–H groups in total. The molecule has 0 unspecified atom stereocenters. The lowest BCUT2D eigenvalue weighted by Gasteiger charge is -2.18. The standard InChI is InChI=1S/C15H24O5SSi/c1-18-10-20-13-8-12(19-5-6-22(2,3)4)7-11(9-21)14(13)15(16)17/h7-8,21H,5-6,9-10H2,1-4H3,(H,16,17). The third-order valence-corrected chi connectivity index (χ3v) is 5.04. The van der Waals surface area contributed by atoms with Crippen LogP contribution in [0, 0.1) is 0 Å². The Morgan fingerprint density at radius 1 is 1.27 bits per heavy atom. The highest BCUT2D eigenvalue weighted by atomic mass is 32.1. The number of aromatic carboxylic acids is 1. The van der Waals surface area contributed by atoms with Gasteiger partial charge in [0.15, 0.2) is 6.79 Å². The maximum Gasteiger partial charge on any atom is 0.339 e. The Morgan fingerprint density at radius 3 is 2.45 bits per heavy atom. The van der Waals surface area contributed by atoms with E-state index in [2.05, 4.69) is 32.3 Å². The van der Waals surface area contributed by atoms with Gasteiger partial charge in [0.2, 0.25) is 0 Å². The van der Waals surface area contributed by atoms with E-state index in [0.717, 1.165) is 6.04 Å². The molecule has 1 aromatic carbocycles. The van der Waals surface area contributed by atoms with Crippen LogP contribution in [0.15, 0.2) is 12.1 Å². The van der Waals surface area contributed by atoms with Crippen molar-refractivity contribution >= 4 is 26.7 Å². The second-order valence-electron chi connectivity index (χ2n) is 6.13. The van der Waals surface area contributed by atoms with Crippen LogP contribution in [-0.4, -0.2) is 39.7 Å². The Bertz CT molecular complexity index is 513. The molecule has 0 heterocycles. The van der Waals surface area contributed by atoms with Crippen molar-refractivity contribution in [2.75, 3.05) is 20.5 Å². The number of hydrogen-bond acceptors (Lipinski definition) is 5. The molecular formula is C15H24O5SSi. The first-order valence-corrected chi connectivity index (χ1v) is 11.4. The van der Waals surface area contributed by atoms with E-state index in [1.165, 1.54) is 7.11 Å². The van der Waals surface area contributed by atoms with Gasteiger partial charge in [0.1, 0.15) is 17.1 Å². The number of carboxylic acids is 1. The summed E-state index contributed by atoms with van der Waals surface area (Å²) in [7, 11) is 0.299. The quantitative estimate of drug-likeness (QED) is 0.408. The molecule has 0 saturated heterocycles. The number of thiol groups is 1. The van der Waals surface area contributed by atoms with Gasteiger partial charge in [-0.15, -0.1) is 0 Å². The first-order chi connectivity index (χ1) is 10.3. The summed E-state index contributed by atoms with van der Waals surface area (Å²) in [6.45, 7) is 7.41. The molecule has 0 aromatic heterocycles. The smallest absolute Gasteiger partial charge is 0.339 e. The summed E-state index contributed by atoms with van der Waals surface area (Å²) in [6.07, 6.45) is 0. The van der Waals surface area contributed by atoms with E-state index >= 15 is 0 Å². The predicted molar refractivity (Wildman–Crippen MR) is 92.2 cm³/mol. The highest BCUT2D eigenvalue weighted by molar-refractivity contribution is 7.79. The van der Waals surface area contributed by atoms with Crippen LogP contribution in [-0.2, 0) is 10.5 Å². The number of ether oxygens (including phenoxy) is 3. The molecule has 5 nitrogen and oxygen atoms in total. The van der Waals surface area contributed by atoms with Crippen molar-refractivity contribution in [2.45, 2.75) is 31.4 Å². The van der Waals surface area contributed by atoms with Gasteiger partial charge >= 0.3 is 5.97 Å². The number of hydrogen-bond donors (Lipinski definition) is 2. The van der Waals surface area contributed by atoms with Crippen LogP contribution in [0.4, 0.5) is 0 Å². The molecule has 0 fully saturated rings. The van der Waals surface area contributed by atoms with Gasteiger partial charge in [-0.3, -0.25) is 0 Å². The zero-order chi connectivity index (χ0) is 16.8. The highest BCUT2D eigenvalue weighted by Crippen LogP contribution is 2.30. The van der Waals surface area contributed by atoms with Crippen LogP contribution < -0.4 is 9.47 Å².